The van der Waals surface area contributed by atoms with E-state index >= 15 is 0 Å². The summed E-state index contributed by atoms with van der Waals surface area (Å²) in [5, 5.41) is 17.4. The Morgan fingerprint density at radius 3 is 2.79 bits per heavy atom. The molecule has 0 aliphatic carbocycles. The van der Waals surface area contributed by atoms with Gasteiger partial charge in [-0.25, -0.2) is 0 Å². The standard InChI is InChI=1S/C10H9NO2S/c1-6-2-3-7(5-11)10(14)8(6)4-9(12)13/h2-3,14H,4H2,1H3,(H,12,13). The van der Waals surface area contributed by atoms with Gasteiger partial charge in [0.15, 0.2) is 0 Å². The van der Waals surface area contributed by atoms with Crippen LogP contribution in [-0.2, 0) is 11.2 Å². The average Bonchev–Trinajstić information content (AvgIpc) is 2.12. The van der Waals surface area contributed by atoms with Crippen LogP contribution in [0.2, 0.25) is 0 Å². The normalized spacial score (nSPS) is 9.50. The van der Waals surface area contributed by atoms with Crippen molar-refractivity contribution < 1.29 is 9.90 Å². The van der Waals surface area contributed by atoms with Crippen LogP contribution >= 0.6 is 12.6 Å². The first-order valence-corrected chi connectivity index (χ1v) is 4.44. The predicted molar refractivity (Wildman–Crippen MR) is 54.5 cm³/mol. The molecule has 1 aromatic rings. The third-order valence-corrected chi connectivity index (χ3v) is 2.48. The largest absolute Gasteiger partial charge is 0.481 e. The Hall–Kier alpha value is -1.47. The summed E-state index contributed by atoms with van der Waals surface area (Å²) in [6.07, 6.45) is -0.0970. The zero-order valence-electron chi connectivity index (χ0n) is 7.61. The quantitative estimate of drug-likeness (QED) is 0.727. The van der Waals surface area contributed by atoms with Gasteiger partial charge in [0.25, 0.3) is 0 Å². The molecule has 0 spiro atoms. The number of aliphatic carboxylic acids is 1. The summed E-state index contributed by atoms with van der Waals surface area (Å²) in [6.45, 7) is 1.80. The van der Waals surface area contributed by atoms with E-state index in [4.69, 9.17) is 10.4 Å². The lowest BCUT2D eigenvalue weighted by Gasteiger charge is -2.07. The molecular weight excluding hydrogens is 198 g/mol. The van der Waals surface area contributed by atoms with Gasteiger partial charge in [-0.3, -0.25) is 4.79 Å². The number of carboxylic acid groups (broad SMARTS) is 1. The number of nitriles is 1. The SMILES string of the molecule is Cc1ccc(C#N)c(S)c1CC(=O)O. The number of carboxylic acids is 1. The van der Waals surface area contributed by atoms with E-state index in [1.807, 2.05) is 6.07 Å². The third-order valence-electron chi connectivity index (χ3n) is 1.97. The van der Waals surface area contributed by atoms with Gasteiger partial charge in [0, 0.05) is 4.90 Å². The topological polar surface area (TPSA) is 61.1 Å². The van der Waals surface area contributed by atoms with Crippen LogP contribution in [0.25, 0.3) is 0 Å². The minimum absolute atomic E-state index is 0.0970. The van der Waals surface area contributed by atoms with Crippen LogP contribution in [0.15, 0.2) is 17.0 Å². The van der Waals surface area contributed by atoms with Crippen molar-refractivity contribution in [3.63, 3.8) is 0 Å². The summed E-state index contributed by atoms with van der Waals surface area (Å²) >= 11 is 4.15. The van der Waals surface area contributed by atoms with Crippen molar-refractivity contribution in [2.24, 2.45) is 0 Å². The molecule has 0 unspecified atom stereocenters. The monoisotopic (exact) mass is 207 g/mol. The molecular formula is C10H9NO2S. The zero-order chi connectivity index (χ0) is 10.7. The van der Waals surface area contributed by atoms with E-state index in [1.165, 1.54) is 0 Å². The second-order valence-electron chi connectivity index (χ2n) is 2.94. The minimum Gasteiger partial charge on any atom is -0.481 e. The van der Waals surface area contributed by atoms with E-state index in [0.29, 0.717) is 16.0 Å². The molecule has 0 saturated carbocycles. The first-order valence-electron chi connectivity index (χ1n) is 3.99. The van der Waals surface area contributed by atoms with Gasteiger partial charge in [-0.2, -0.15) is 5.26 Å². The van der Waals surface area contributed by atoms with Crippen molar-refractivity contribution >= 4 is 18.6 Å². The van der Waals surface area contributed by atoms with Crippen molar-refractivity contribution in [1.82, 2.24) is 0 Å². The predicted octanol–water partition coefficient (Wildman–Crippen LogP) is 1.78. The van der Waals surface area contributed by atoms with Gasteiger partial charge < -0.3 is 5.11 Å². The van der Waals surface area contributed by atoms with Crippen LogP contribution in [-0.4, -0.2) is 11.1 Å². The van der Waals surface area contributed by atoms with Gasteiger partial charge in [0.2, 0.25) is 0 Å². The number of benzene rings is 1. The molecule has 0 aliphatic heterocycles. The van der Waals surface area contributed by atoms with Gasteiger partial charge in [-0.1, -0.05) is 6.07 Å². The van der Waals surface area contributed by atoms with Crippen LogP contribution in [0.1, 0.15) is 16.7 Å². The van der Waals surface area contributed by atoms with Crippen LogP contribution in [0.4, 0.5) is 0 Å². The summed E-state index contributed by atoms with van der Waals surface area (Å²) < 4.78 is 0. The molecule has 0 saturated heterocycles. The summed E-state index contributed by atoms with van der Waals surface area (Å²) in [6, 6.07) is 5.34. The van der Waals surface area contributed by atoms with E-state index in [-0.39, 0.29) is 6.42 Å². The molecule has 0 aromatic heterocycles. The van der Waals surface area contributed by atoms with Crippen LogP contribution in [0.5, 0.6) is 0 Å². The highest BCUT2D eigenvalue weighted by atomic mass is 32.1. The number of rotatable bonds is 2. The van der Waals surface area contributed by atoms with Crippen molar-refractivity contribution in [2.75, 3.05) is 0 Å². The van der Waals surface area contributed by atoms with Crippen molar-refractivity contribution in [3.8, 4) is 6.07 Å². The Kier molecular flexibility index (Phi) is 3.15. The molecule has 0 bridgehead atoms. The molecule has 0 amide bonds. The van der Waals surface area contributed by atoms with E-state index in [1.54, 1.807) is 19.1 Å². The molecule has 4 heteroatoms. The smallest absolute Gasteiger partial charge is 0.307 e. The van der Waals surface area contributed by atoms with E-state index in [2.05, 4.69) is 12.6 Å². The second-order valence-corrected chi connectivity index (χ2v) is 3.39. The Labute approximate surface area is 87.4 Å². The lowest BCUT2D eigenvalue weighted by molar-refractivity contribution is -0.136. The van der Waals surface area contributed by atoms with E-state index in [9.17, 15) is 4.79 Å². The summed E-state index contributed by atoms with van der Waals surface area (Å²) in [5.41, 5.74) is 1.87. The zero-order valence-corrected chi connectivity index (χ0v) is 8.51. The summed E-state index contributed by atoms with van der Waals surface area (Å²) in [5.74, 6) is -0.918. The van der Waals surface area contributed by atoms with Gasteiger partial charge in [0.1, 0.15) is 6.07 Å². The lowest BCUT2D eigenvalue weighted by atomic mass is 10.0. The molecule has 1 aromatic carbocycles. The van der Waals surface area contributed by atoms with Crippen molar-refractivity contribution in [1.29, 1.82) is 5.26 Å². The van der Waals surface area contributed by atoms with Crippen LogP contribution < -0.4 is 0 Å². The second kappa shape index (κ2) is 4.16. The first-order chi connectivity index (χ1) is 6.56. The van der Waals surface area contributed by atoms with Crippen molar-refractivity contribution in [2.45, 2.75) is 18.2 Å². The molecule has 3 nitrogen and oxygen atoms in total. The fraction of sp³-hybridized carbons (Fsp3) is 0.200. The maximum Gasteiger partial charge on any atom is 0.307 e. The summed E-state index contributed by atoms with van der Waals surface area (Å²) in [4.78, 5) is 11.0. The highest BCUT2D eigenvalue weighted by molar-refractivity contribution is 7.80. The fourth-order valence-electron chi connectivity index (χ4n) is 1.20. The van der Waals surface area contributed by atoms with E-state index < -0.39 is 5.97 Å². The number of hydrogen-bond acceptors (Lipinski definition) is 3. The summed E-state index contributed by atoms with van der Waals surface area (Å²) in [7, 11) is 0. The highest BCUT2D eigenvalue weighted by Crippen LogP contribution is 2.22. The minimum atomic E-state index is -0.918. The molecule has 0 aliphatic rings. The average molecular weight is 207 g/mol. The van der Waals surface area contributed by atoms with E-state index in [0.717, 1.165) is 5.56 Å². The maximum atomic E-state index is 10.6. The number of hydrogen-bond donors (Lipinski definition) is 2. The number of thiol groups is 1. The first kappa shape index (κ1) is 10.6. The maximum absolute atomic E-state index is 10.6. The van der Waals surface area contributed by atoms with Crippen LogP contribution in [0, 0.1) is 18.3 Å². The fourth-order valence-corrected chi connectivity index (χ4v) is 1.58. The van der Waals surface area contributed by atoms with Gasteiger partial charge in [-0.05, 0) is 24.1 Å². The Balaban J connectivity index is 3.27. The van der Waals surface area contributed by atoms with Gasteiger partial charge in [-0.15, -0.1) is 12.6 Å². The number of aryl methyl sites for hydroxylation is 1. The van der Waals surface area contributed by atoms with Gasteiger partial charge >= 0.3 is 5.97 Å². The Morgan fingerprint density at radius 2 is 2.29 bits per heavy atom. The number of carbonyl (C=O) groups is 1. The molecule has 0 heterocycles. The Bertz CT molecular complexity index is 421. The number of nitrogens with zero attached hydrogens (tertiary/aromatic N) is 1. The molecule has 14 heavy (non-hydrogen) atoms. The lowest BCUT2D eigenvalue weighted by Crippen LogP contribution is -2.04. The molecule has 0 fully saturated rings. The molecule has 1 N–H and O–H groups in total. The molecule has 0 atom stereocenters. The highest BCUT2D eigenvalue weighted by Gasteiger charge is 2.10. The molecule has 0 radical (unpaired) electrons. The van der Waals surface area contributed by atoms with Crippen molar-refractivity contribution in [3.05, 3.63) is 28.8 Å². The molecule has 1 rings (SSSR count). The third kappa shape index (κ3) is 2.06. The molecule has 72 valence electrons. The van der Waals surface area contributed by atoms with Crippen LogP contribution in [0.3, 0.4) is 0 Å². The van der Waals surface area contributed by atoms with Gasteiger partial charge in [0.05, 0.1) is 12.0 Å². The Morgan fingerprint density at radius 1 is 1.64 bits per heavy atom.